The summed E-state index contributed by atoms with van der Waals surface area (Å²) < 4.78 is 0. The zero-order valence-electron chi connectivity index (χ0n) is 13.4. The highest BCUT2D eigenvalue weighted by atomic mass is 16.2. The van der Waals surface area contributed by atoms with Crippen molar-refractivity contribution in [2.75, 3.05) is 0 Å². The Bertz CT molecular complexity index is 429. The molecular weight excluding hydrogens is 264 g/mol. The zero-order chi connectivity index (χ0) is 15.0. The lowest BCUT2D eigenvalue weighted by Crippen LogP contribution is -2.72. The van der Waals surface area contributed by atoms with Crippen LogP contribution in [0.15, 0.2) is 0 Å². The van der Waals surface area contributed by atoms with E-state index in [9.17, 15) is 9.59 Å². The van der Waals surface area contributed by atoms with E-state index in [0.29, 0.717) is 5.92 Å². The van der Waals surface area contributed by atoms with Crippen LogP contribution in [0.3, 0.4) is 0 Å². The van der Waals surface area contributed by atoms with Crippen molar-refractivity contribution in [3.8, 4) is 0 Å². The highest BCUT2D eigenvalue weighted by Gasteiger charge is 2.53. The van der Waals surface area contributed by atoms with Crippen LogP contribution in [0.1, 0.15) is 71.6 Å². The minimum Gasteiger partial charge on any atom is -0.340 e. The van der Waals surface area contributed by atoms with Gasteiger partial charge in [0.25, 0.3) is 0 Å². The lowest BCUT2D eigenvalue weighted by atomic mass is 9.77. The van der Waals surface area contributed by atoms with Crippen LogP contribution >= 0.6 is 0 Å². The second kappa shape index (κ2) is 5.62. The number of rotatable bonds is 2. The molecule has 4 nitrogen and oxygen atoms in total. The predicted molar refractivity (Wildman–Crippen MR) is 81.7 cm³/mol. The Morgan fingerprint density at radius 2 is 1.86 bits per heavy atom. The lowest BCUT2D eigenvalue weighted by Gasteiger charge is -2.50. The molecule has 0 aromatic heterocycles. The summed E-state index contributed by atoms with van der Waals surface area (Å²) in [5.74, 6) is 0.819. The van der Waals surface area contributed by atoms with Crippen LogP contribution in [0.5, 0.6) is 0 Å². The molecule has 21 heavy (non-hydrogen) atoms. The van der Waals surface area contributed by atoms with Crippen LogP contribution in [-0.4, -0.2) is 34.3 Å². The summed E-state index contributed by atoms with van der Waals surface area (Å²) in [7, 11) is 0. The van der Waals surface area contributed by atoms with Crippen LogP contribution in [0.2, 0.25) is 0 Å². The van der Waals surface area contributed by atoms with Gasteiger partial charge in [-0.2, -0.15) is 0 Å². The molecule has 2 saturated carbocycles. The summed E-state index contributed by atoms with van der Waals surface area (Å²) in [4.78, 5) is 27.9. The Labute approximate surface area is 127 Å². The molecule has 3 unspecified atom stereocenters. The molecule has 0 bridgehead atoms. The fraction of sp³-hybridized carbons (Fsp3) is 0.882. The summed E-state index contributed by atoms with van der Waals surface area (Å²) in [6, 6.07) is 0.0166. The number of carbonyl (C=O) groups excluding carboxylic acids is 2. The van der Waals surface area contributed by atoms with Crippen molar-refractivity contribution < 1.29 is 9.59 Å². The second-order valence-corrected chi connectivity index (χ2v) is 7.24. The molecule has 3 rings (SSSR count). The number of piperazine rings is 1. The maximum absolute atomic E-state index is 13.3. The third-order valence-corrected chi connectivity index (χ3v) is 5.91. The first-order chi connectivity index (χ1) is 10.1. The van der Waals surface area contributed by atoms with E-state index in [2.05, 4.69) is 12.2 Å². The first kappa shape index (κ1) is 14.9. The van der Waals surface area contributed by atoms with Crippen molar-refractivity contribution in [3.05, 3.63) is 0 Å². The van der Waals surface area contributed by atoms with Crippen molar-refractivity contribution in [2.45, 2.75) is 89.3 Å². The minimum atomic E-state index is -0.580. The van der Waals surface area contributed by atoms with Gasteiger partial charge in [-0.05, 0) is 38.0 Å². The summed E-state index contributed by atoms with van der Waals surface area (Å²) in [5.41, 5.74) is -0.580. The number of hydrogen-bond acceptors (Lipinski definition) is 2. The van der Waals surface area contributed by atoms with E-state index < -0.39 is 5.54 Å². The number of nitrogens with one attached hydrogen (secondary N) is 1. The molecule has 2 amide bonds. The topological polar surface area (TPSA) is 49.4 Å². The van der Waals surface area contributed by atoms with Crippen molar-refractivity contribution in [3.63, 3.8) is 0 Å². The van der Waals surface area contributed by atoms with Crippen molar-refractivity contribution in [1.82, 2.24) is 10.2 Å². The molecule has 118 valence electrons. The first-order valence-electron chi connectivity index (χ1n) is 8.74. The second-order valence-electron chi connectivity index (χ2n) is 7.24. The maximum Gasteiger partial charge on any atom is 0.249 e. The maximum atomic E-state index is 13.3. The molecule has 1 spiro atoms. The van der Waals surface area contributed by atoms with Gasteiger partial charge in [0.1, 0.15) is 11.6 Å². The van der Waals surface area contributed by atoms with Gasteiger partial charge in [0, 0.05) is 6.04 Å². The molecule has 1 aliphatic heterocycles. The molecule has 0 radical (unpaired) electrons. The molecule has 1 heterocycles. The number of nitrogens with zero attached hydrogens (tertiary/aromatic N) is 1. The quantitative estimate of drug-likeness (QED) is 0.850. The monoisotopic (exact) mass is 292 g/mol. The summed E-state index contributed by atoms with van der Waals surface area (Å²) in [6.07, 6.45) is 9.08. The highest BCUT2D eigenvalue weighted by molar-refractivity contribution is 6.00. The molecule has 1 N–H and O–H groups in total. The van der Waals surface area contributed by atoms with Gasteiger partial charge in [-0.15, -0.1) is 0 Å². The average Bonchev–Trinajstić information content (AvgIpc) is 2.89. The number of hydrogen-bond donors (Lipinski definition) is 1. The fourth-order valence-corrected chi connectivity index (χ4v) is 4.68. The van der Waals surface area contributed by atoms with Crippen LogP contribution in [0.4, 0.5) is 0 Å². The standard InChI is InChI=1S/C17H28N2O2/c1-3-13-15(20)18-17(10-5-4-6-11-17)16(21)19(13)14-9-7-8-12(14)2/h12-14H,3-11H2,1-2H3,(H,18,20). The Kier molecular flexibility index (Phi) is 3.98. The van der Waals surface area contributed by atoms with Gasteiger partial charge < -0.3 is 10.2 Å². The van der Waals surface area contributed by atoms with E-state index in [1.54, 1.807) is 0 Å². The van der Waals surface area contributed by atoms with Gasteiger partial charge >= 0.3 is 0 Å². The van der Waals surface area contributed by atoms with E-state index in [1.807, 2.05) is 11.8 Å². The SMILES string of the molecule is CCC1C(=O)NC2(CCCCC2)C(=O)N1C1CCCC1C. The Hall–Kier alpha value is -1.06. The molecule has 0 aromatic rings. The van der Waals surface area contributed by atoms with E-state index in [0.717, 1.165) is 38.5 Å². The summed E-state index contributed by atoms with van der Waals surface area (Å²) in [5, 5.41) is 3.12. The Balaban J connectivity index is 1.92. The number of carbonyl (C=O) groups is 2. The van der Waals surface area contributed by atoms with E-state index >= 15 is 0 Å². The largest absolute Gasteiger partial charge is 0.340 e. The van der Waals surface area contributed by atoms with Gasteiger partial charge in [0.2, 0.25) is 11.8 Å². The third kappa shape index (κ3) is 2.36. The van der Waals surface area contributed by atoms with Crippen LogP contribution in [0.25, 0.3) is 0 Å². The first-order valence-corrected chi connectivity index (χ1v) is 8.74. The zero-order valence-corrected chi connectivity index (χ0v) is 13.4. The molecule has 4 heteroatoms. The molecule has 3 fully saturated rings. The summed E-state index contributed by atoms with van der Waals surface area (Å²) >= 11 is 0. The lowest BCUT2D eigenvalue weighted by molar-refractivity contribution is -0.160. The normalized spacial score (nSPS) is 36.1. The number of amides is 2. The molecular formula is C17H28N2O2. The van der Waals surface area contributed by atoms with Crippen molar-refractivity contribution in [2.24, 2.45) is 5.92 Å². The van der Waals surface area contributed by atoms with Crippen molar-refractivity contribution in [1.29, 1.82) is 0 Å². The van der Waals surface area contributed by atoms with E-state index in [1.165, 1.54) is 19.3 Å². The Morgan fingerprint density at radius 1 is 1.14 bits per heavy atom. The Morgan fingerprint density at radius 3 is 2.43 bits per heavy atom. The van der Waals surface area contributed by atoms with Gasteiger partial charge in [-0.25, -0.2) is 0 Å². The van der Waals surface area contributed by atoms with Crippen LogP contribution in [0, 0.1) is 5.92 Å². The van der Waals surface area contributed by atoms with Gasteiger partial charge in [-0.3, -0.25) is 9.59 Å². The van der Waals surface area contributed by atoms with Crippen LogP contribution in [-0.2, 0) is 9.59 Å². The van der Waals surface area contributed by atoms with Gasteiger partial charge in [-0.1, -0.05) is 39.5 Å². The van der Waals surface area contributed by atoms with Gasteiger partial charge in [0.15, 0.2) is 0 Å². The molecule has 1 saturated heterocycles. The molecule has 2 aliphatic carbocycles. The van der Waals surface area contributed by atoms with Crippen LogP contribution < -0.4 is 5.32 Å². The fourth-order valence-electron chi connectivity index (χ4n) is 4.68. The minimum absolute atomic E-state index is 0.0816. The predicted octanol–water partition coefficient (Wildman–Crippen LogP) is 2.61. The van der Waals surface area contributed by atoms with E-state index in [-0.39, 0.29) is 23.9 Å². The van der Waals surface area contributed by atoms with Gasteiger partial charge in [0.05, 0.1) is 0 Å². The highest BCUT2D eigenvalue weighted by Crippen LogP contribution is 2.39. The van der Waals surface area contributed by atoms with E-state index in [4.69, 9.17) is 0 Å². The molecule has 0 aromatic carbocycles. The summed E-state index contributed by atoms with van der Waals surface area (Å²) in [6.45, 7) is 4.25. The smallest absolute Gasteiger partial charge is 0.249 e. The third-order valence-electron chi connectivity index (χ3n) is 5.91. The average molecular weight is 292 g/mol. The van der Waals surface area contributed by atoms with Crippen molar-refractivity contribution >= 4 is 11.8 Å². The molecule has 3 aliphatic rings. The molecule has 3 atom stereocenters.